The fourth-order valence-electron chi connectivity index (χ4n) is 2.48. The Bertz CT molecular complexity index is 750. The third-order valence-electron chi connectivity index (χ3n) is 3.73. The summed E-state index contributed by atoms with van der Waals surface area (Å²) in [5.74, 6) is 0.375. The molecule has 0 saturated carbocycles. The van der Waals surface area contributed by atoms with Crippen LogP contribution in [0.5, 0.6) is 0 Å². The molecule has 0 bridgehead atoms. The van der Waals surface area contributed by atoms with E-state index < -0.39 is 10.0 Å². The molecule has 2 heterocycles. The molecule has 0 radical (unpaired) electrons. The standard InChI is InChI=1S/C15H19N3O2S2/c1-11-10-21-15(18-11)13-3-2-4-14(7-13)22(19,20)17-9-12-5-6-16-8-12/h2-4,7,10,12,16-17H,5-6,8-9H2,1H3. The van der Waals surface area contributed by atoms with Crippen molar-refractivity contribution >= 4 is 21.4 Å². The third-order valence-corrected chi connectivity index (χ3v) is 6.17. The van der Waals surface area contributed by atoms with E-state index in [1.54, 1.807) is 18.2 Å². The summed E-state index contributed by atoms with van der Waals surface area (Å²) >= 11 is 1.52. The van der Waals surface area contributed by atoms with Crippen molar-refractivity contribution < 1.29 is 8.42 Å². The van der Waals surface area contributed by atoms with Crippen molar-refractivity contribution in [3.63, 3.8) is 0 Å². The van der Waals surface area contributed by atoms with Crippen LogP contribution in [0, 0.1) is 12.8 Å². The first-order chi connectivity index (χ1) is 10.5. The van der Waals surface area contributed by atoms with Gasteiger partial charge in [-0.25, -0.2) is 18.1 Å². The van der Waals surface area contributed by atoms with Gasteiger partial charge in [0.2, 0.25) is 10.0 Å². The zero-order chi connectivity index (χ0) is 15.6. The Morgan fingerprint density at radius 1 is 1.45 bits per heavy atom. The maximum Gasteiger partial charge on any atom is 0.240 e. The average Bonchev–Trinajstić information content (AvgIpc) is 3.17. The summed E-state index contributed by atoms with van der Waals surface area (Å²) in [5, 5.41) is 6.04. The molecule has 0 spiro atoms. The van der Waals surface area contributed by atoms with Gasteiger partial charge in [-0.2, -0.15) is 0 Å². The van der Waals surface area contributed by atoms with E-state index in [-0.39, 0.29) is 0 Å². The lowest BCUT2D eigenvalue weighted by molar-refractivity contribution is 0.539. The topological polar surface area (TPSA) is 71.1 Å². The number of thiazole rings is 1. The van der Waals surface area contributed by atoms with E-state index in [0.717, 1.165) is 35.8 Å². The number of hydrogen-bond donors (Lipinski definition) is 2. The highest BCUT2D eigenvalue weighted by Gasteiger charge is 2.20. The number of aromatic nitrogens is 1. The lowest BCUT2D eigenvalue weighted by atomic mass is 10.1. The van der Waals surface area contributed by atoms with Crippen LogP contribution in [-0.2, 0) is 10.0 Å². The summed E-state index contributed by atoms with van der Waals surface area (Å²) in [5.41, 5.74) is 1.78. The number of sulfonamides is 1. The molecule has 5 nitrogen and oxygen atoms in total. The highest BCUT2D eigenvalue weighted by molar-refractivity contribution is 7.89. The van der Waals surface area contributed by atoms with Crippen LogP contribution in [0.3, 0.4) is 0 Å². The second kappa shape index (κ2) is 6.45. The Balaban J connectivity index is 1.78. The summed E-state index contributed by atoms with van der Waals surface area (Å²) in [4.78, 5) is 4.70. The van der Waals surface area contributed by atoms with Crippen molar-refractivity contribution in [3.05, 3.63) is 35.3 Å². The Kier molecular flexibility index (Phi) is 4.58. The second-order valence-corrected chi connectivity index (χ2v) is 8.16. The van der Waals surface area contributed by atoms with Crippen LogP contribution in [0.15, 0.2) is 34.5 Å². The Morgan fingerprint density at radius 2 is 2.32 bits per heavy atom. The Morgan fingerprint density at radius 3 is 3.00 bits per heavy atom. The molecule has 2 aromatic rings. The molecule has 3 rings (SSSR count). The van der Waals surface area contributed by atoms with Gasteiger partial charge in [0.15, 0.2) is 0 Å². The first-order valence-electron chi connectivity index (χ1n) is 7.27. The number of benzene rings is 1. The summed E-state index contributed by atoms with van der Waals surface area (Å²) in [6.07, 6.45) is 1.01. The maximum absolute atomic E-state index is 12.4. The molecular formula is C15H19N3O2S2. The van der Waals surface area contributed by atoms with E-state index in [1.165, 1.54) is 11.3 Å². The van der Waals surface area contributed by atoms with Crippen molar-refractivity contribution in [1.29, 1.82) is 0 Å². The van der Waals surface area contributed by atoms with Gasteiger partial charge >= 0.3 is 0 Å². The van der Waals surface area contributed by atoms with Crippen molar-refractivity contribution in [1.82, 2.24) is 15.0 Å². The predicted molar refractivity (Wildman–Crippen MR) is 88.5 cm³/mol. The molecule has 1 aromatic carbocycles. The van der Waals surface area contributed by atoms with Gasteiger partial charge in [0.25, 0.3) is 0 Å². The highest BCUT2D eigenvalue weighted by atomic mass is 32.2. The maximum atomic E-state index is 12.4. The van der Waals surface area contributed by atoms with Crippen LogP contribution in [0.4, 0.5) is 0 Å². The van der Waals surface area contributed by atoms with E-state index >= 15 is 0 Å². The van der Waals surface area contributed by atoms with Crippen LogP contribution in [-0.4, -0.2) is 33.0 Å². The predicted octanol–water partition coefficient (Wildman–Crippen LogP) is 2.01. The Labute approximate surface area is 134 Å². The third kappa shape index (κ3) is 3.55. The minimum Gasteiger partial charge on any atom is -0.316 e. The van der Waals surface area contributed by atoms with Crippen LogP contribution >= 0.6 is 11.3 Å². The Hall–Kier alpha value is -1.28. The van der Waals surface area contributed by atoms with Crippen LogP contribution in [0.25, 0.3) is 10.6 Å². The molecule has 2 N–H and O–H groups in total. The van der Waals surface area contributed by atoms with E-state index in [1.807, 2.05) is 18.4 Å². The smallest absolute Gasteiger partial charge is 0.240 e. The molecule has 1 fully saturated rings. The van der Waals surface area contributed by atoms with Gasteiger partial charge in [-0.1, -0.05) is 12.1 Å². The molecule has 0 aliphatic carbocycles. The van der Waals surface area contributed by atoms with Gasteiger partial charge in [0.05, 0.1) is 4.90 Å². The van der Waals surface area contributed by atoms with Crippen LogP contribution in [0.1, 0.15) is 12.1 Å². The fraction of sp³-hybridized carbons (Fsp3) is 0.400. The molecule has 0 amide bonds. The SMILES string of the molecule is Cc1csc(-c2cccc(S(=O)(=O)NCC3CCNC3)c2)n1. The van der Waals surface area contributed by atoms with Crippen molar-refractivity contribution in [2.75, 3.05) is 19.6 Å². The molecule has 118 valence electrons. The number of aryl methyl sites for hydroxylation is 1. The first-order valence-corrected chi connectivity index (χ1v) is 9.64. The van der Waals surface area contributed by atoms with E-state index in [4.69, 9.17) is 0 Å². The molecule has 1 aliphatic rings. The minimum absolute atomic E-state index is 0.295. The van der Waals surface area contributed by atoms with Crippen LogP contribution < -0.4 is 10.0 Å². The molecule has 1 aliphatic heterocycles. The highest BCUT2D eigenvalue weighted by Crippen LogP contribution is 2.25. The van der Waals surface area contributed by atoms with Crippen LogP contribution in [0.2, 0.25) is 0 Å². The first kappa shape index (κ1) is 15.6. The second-order valence-electron chi connectivity index (χ2n) is 5.53. The molecule has 1 saturated heterocycles. The van der Waals surface area contributed by atoms with Crippen molar-refractivity contribution in [3.8, 4) is 10.6 Å². The largest absolute Gasteiger partial charge is 0.316 e. The molecular weight excluding hydrogens is 318 g/mol. The quantitative estimate of drug-likeness (QED) is 0.875. The normalized spacial score (nSPS) is 18.7. The van der Waals surface area contributed by atoms with E-state index in [0.29, 0.717) is 17.4 Å². The summed E-state index contributed by atoms with van der Waals surface area (Å²) < 4.78 is 27.6. The van der Waals surface area contributed by atoms with E-state index in [2.05, 4.69) is 15.0 Å². The summed E-state index contributed by atoms with van der Waals surface area (Å²) in [6, 6.07) is 6.96. The molecule has 1 aromatic heterocycles. The number of hydrogen-bond acceptors (Lipinski definition) is 5. The number of nitrogens with zero attached hydrogens (tertiary/aromatic N) is 1. The van der Waals surface area contributed by atoms with Gasteiger partial charge in [-0.05, 0) is 44.5 Å². The molecule has 7 heteroatoms. The van der Waals surface area contributed by atoms with Gasteiger partial charge in [-0.3, -0.25) is 0 Å². The molecule has 1 unspecified atom stereocenters. The monoisotopic (exact) mass is 337 g/mol. The lowest BCUT2D eigenvalue weighted by Gasteiger charge is -2.11. The molecule has 22 heavy (non-hydrogen) atoms. The zero-order valence-corrected chi connectivity index (χ0v) is 14.0. The fourth-order valence-corrected chi connectivity index (χ4v) is 4.44. The minimum atomic E-state index is -3.47. The summed E-state index contributed by atoms with van der Waals surface area (Å²) in [7, 11) is -3.47. The van der Waals surface area contributed by atoms with Crippen molar-refractivity contribution in [2.24, 2.45) is 5.92 Å². The number of nitrogens with one attached hydrogen (secondary N) is 2. The zero-order valence-electron chi connectivity index (χ0n) is 12.4. The van der Waals surface area contributed by atoms with Gasteiger partial charge < -0.3 is 5.32 Å². The number of rotatable bonds is 5. The van der Waals surface area contributed by atoms with Gasteiger partial charge in [0, 0.05) is 23.2 Å². The van der Waals surface area contributed by atoms with Crippen molar-refractivity contribution in [2.45, 2.75) is 18.2 Å². The van der Waals surface area contributed by atoms with Gasteiger partial charge in [0.1, 0.15) is 5.01 Å². The molecule has 1 atom stereocenters. The lowest BCUT2D eigenvalue weighted by Crippen LogP contribution is -2.30. The summed E-state index contributed by atoms with van der Waals surface area (Å²) in [6.45, 7) is 4.25. The average molecular weight is 337 g/mol. The van der Waals surface area contributed by atoms with E-state index in [9.17, 15) is 8.42 Å². The van der Waals surface area contributed by atoms with Gasteiger partial charge in [-0.15, -0.1) is 11.3 Å².